The molecule has 0 unspecified atom stereocenters. The Morgan fingerprint density at radius 2 is 2.15 bits per heavy atom. The van der Waals surface area contributed by atoms with Crippen LogP contribution in [0, 0.1) is 17.0 Å². The maximum absolute atomic E-state index is 11.5. The number of rotatable bonds is 3. The van der Waals surface area contributed by atoms with Crippen molar-refractivity contribution >= 4 is 21.4 Å². The number of nitro benzene ring substituents is 1. The molecule has 1 heterocycles. The van der Waals surface area contributed by atoms with Gasteiger partial charge in [0.2, 0.25) is 10.0 Å². The minimum absolute atomic E-state index is 0.0000642. The number of piperidine rings is 1. The van der Waals surface area contributed by atoms with Gasteiger partial charge in [0.15, 0.2) is 0 Å². The van der Waals surface area contributed by atoms with Gasteiger partial charge in [0.25, 0.3) is 5.69 Å². The molecule has 0 aromatic heterocycles. The lowest BCUT2D eigenvalue weighted by atomic mass is 10.1. The summed E-state index contributed by atoms with van der Waals surface area (Å²) < 4.78 is 22.9. The van der Waals surface area contributed by atoms with Crippen molar-refractivity contribution in [3.8, 4) is 0 Å². The lowest BCUT2D eigenvalue weighted by Gasteiger charge is -2.32. The molecular formula is C12H17N3O4S. The van der Waals surface area contributed by atoms with E-state index in [2.05, 4.69) is 0 Å². The van der Waals surface area contributed by atoms with Crippen molar-refractivity contribution in [3.05, 3.63) is 33.9 Å². The Morgan fingerprint density at radius 3 is 2.75 bits per heavy atom. The smallest absolute Gasteiger partial charge is 0.292 e. The monoisotopic (exact) mass is 299 g/mol. The molecule has 1 aliphatic heterocycles. The van der Waals surface area contributed by atoms with E-state index in [0.29, 0.717) is 25.1 Å². The molecule has 1 fully saturated rings. The fraction of sp³-hybridized carbons (Fsp3) is 0.500. The van der Waals surface area contributed by atoms with Gasteiger partial charge in [-0.2, -0.15) is 0 Å². The maximum atomic E-state index is 11.5. The lowest BCUT2D eigenvalue weighted by molar-refractivity contribution is -0.384. The van der Waals surface area contributed by atoms with Crippen LogP contribution in [0.25, 0.3) is 0 Å². The summed E-state index contributed by atoms with van der Waals surface area (Å²) in [6, 6.07) is 4.94. The number of anilines is 1. The van der Waals surface area contributed by atoms with E-state index in [1.165, 1.54) is 6.07 Å². The first-order valence-electron chi connectivity index (χ1n) is 6.30. The van der Waals surface area contributed by atoms with Gasteiger partial charge in [-0.25, -0.2) is 13.6 Å². The van der Waals surface area contributed by atoms with Crippen LogP contribution in [0.5, 0.6) is 0 Å². The number of primary sulfonamides is 1. The molecule has 0 radical (unpaired) electrons. The van der Waals surface area contributed by atoms with E-state index in [9.17, 15) is 18.5 Å². The summed E-state index contributed by atoms with van der Waals surface area (Å²) in [6.45, 7) is 2.57. The second kappa shape index (κ2) is 5.37. The van der Waals surface area contributed by atoms with Crippen LogP contribution >= 0.6 is 0 Å². The largest absolute Gasteiger partial charge is 0.365 e. The molecule has 0 aliphatic carbocycles. The molecule has 1 atom stereocenters. The van der Waals surface area contributed by atoms with E-state index in [4.69, 9.17) is 5.14 Å². The highest BCUT2D eigenvalue weighted by Gasteiger charge is 2.30. The van der Waals surface area contributed by atoms with E-state index in [-0.39, 0.29) is 12.2 Å². The molecule has 0 spiro atoms. The van der Waals surface area contributed by atoms with Gasteiger partial charge >= 0.3 is 0 Å². The van der Waals surface area contributed by atoms with Gasteiger partial charge in [-0.1, -0.05) is 6.07 Å². The molecule has 1 aliphatic rings. The summed E-state index contributed by atoms with van der Waals surface area (Å²) >= 11 is 0. The van der Waals surface area contributed by atoms with Gasteiger partial charge < -0.3 is 4.90 Å². The van der Waals surface area contributed by atoms with Crippen molar-refractivity contribution in [1.82, 2.24) is 0 Å². The van der Waals surface area contributed by atoms with Crippen LogP contribution in [-0.2, 0) is 10.0 Å². The third-order valence-corrected chi connectivity index (χ3v) is 4.83. The second-order valence-electron chi connectivity index (χ2n) is 5.05. The first kappa shape index (κ1) is 14.7. The third kappa shape index (κ3) is 3.07. The zero-order valence-corrected chi connectivity index (χ0v) is 12.0. The summed E-state index contributed by atoms with van der Waals surface area (Å²) in [4.78, 5) is 12.4. The maximum Gasteiger partial charge on any atom is 0.292 e. The highest BCUT2D eigenvalue weighted by Crippen LogP contribution is 2.31. The highest BCUT2D eigenvalue weighted by atomic mass is 32.2. The van der Waals surface area contributed by atoms with Gasteiger partial charge in [-0.15, -0.1) is 0 Å². The molecule has 1 aromatic rings. The molecule has 1 aromatic carbocycles. The van der Waals surface area contributed by atoms with E-state index < -0.39 is 20.2 Å². The van der Waals surface area contributed by atoms with E-state index in [1.807, 2.05) is 0 Å². The van der Waals surface area contributed by atoms with Gasteiger partial charge in [0, 0.05) is 19.2 Å². The number of nitrogens with zero attached hydrogens (tertiary/aromatic N) is 2. The number of nitro groups is 1. The fourth-order valence-electron chi connectivity index (χ4n) is 2.47. The predicted molar refractivity (Wildman–Crippen MR) is 76.2 cm³/mol. The molecule has 1 saturated heterocycles. The van der Waals surface area contributed by atoms with Crippen LogP contribution in [0.4, 0.5) is 11.4 Å². The summed E-state index contributed by atoms with van der Waals surface area (Å²) in [5.74, 6) is 0. The highest BCUT2D eigenvalue weighted by molar-refractivity contribution is 7.89. The van der Waals surface area contributed by atoms with E-state index >= 15 is 0 Å². The standard InChI is InChI=1S/C12H17N3O4S/c1-9-4-5-11(12(7-9)15(16)17)14-6-2-3-10(8-14)20(13,18)19/h4-5,7,10H,2-3,6,8H2,1H3,(H2,13,18,19)/t10-/m0/s1. The Morgan fingerprint density at radius 1 is 1.45 bits per heavy atom. The predicted octanol–water partition coefficient (Wildman–Crippen LogP) is 1.16. The minimum atomic E-state index is -3.62. The topological polar surface area (TPSA) is 107 Å². The van der Waals surface area contributed by atoms with Crippen LogP contribution in [0.15, 0.2) is 18.2 Å². The SMILES string of the molecule is Cc1ccc(N2CCC[C@H](S(N)(=O)=O)C2)c([N+](=O)[O-])c1. The van der Waals surface area contributed by atoms with Gasteiger partial charge in [-0.05, 0) is 31.4 Å². The number of aryl methyl sites for hydroxylation is 1. The first-order chi connectivity index (χ1) is 9.29. The number of benzene rings is 1. The molecular weight excluding hydrogens is 282 g/mol. The normalized spacial score (nSPS) is 19.9. The fourth-order valence-corrected chi connectivity index (χ4v) is 3.36. The summed E-state index contributed by atoms with van der Waals surface area (Å²) in [5, 5.41) is 15.6. The Kier molecular flexibility index (Phi) is 3.96. The van der Waals surface area contributed by atoms with Crippen LogP contribution < -0.4 is 10.0 Å². The van der Waals surface area contributed by atoms with Gasteiger partial charge in [-0.3, -0.25) is 10.1 Å². The number of nitrogens with two attached hydrogens (primary N) is 1. The third-order valence-electron chi connectivity index (χ3n) is 3.51. The van der Waals surface area contributed by atoms with Crippen molar-refractivity contribution in [2.24, 2.45) is 5.14 Å². The van der Waals surface area contributed by atoms with Crippen molar-refractivity contribution in [2.75, 3.05) is 18.0 Å². The van der Waals surface area contributed by atoms with Crippen molar-refractivity contribution in [3.63, 3.8) is 0 Å². The van der Waals surface area contributed by atoms with E-state index in [1.54, 1.807) is 24.0 Å². The molecule has 2 N–H and O–H groups in total. The molecule has 2 rings (SSSR count). The lowest BCUT2D eigenvalue weighted by Crippen LogP contribution is -2.44. The van der Waals surface area contributed by atoms with Crippen LogP contribution in [0.1, 0.15) is 18.4 Å². The number of hydrogen-bond donors (Lipinski definition) is 1. The van der Waals surface area contributed by atoms with Crippen molar-refractivity contribution in [1.29, 1.82) is 0 Å². The number of sulfonamides is 1. The van der Waals surface area contributed by atoms with Gasteiger partial charge in [0.05, 0.1) is 10.2 Å². The number of hydrogen-bond acceptors (Lipinski definition) is 5. The minimum Gasteiger partial charge on any atom is -0.365 e. The molecule has 0 saturated carbocycles. The molecule has 0 bridgehead atoms. The Hall–Kier alpha value is -1.67. The van der Waals surface area contributed by atoms with Crippen LogP contribution in [-0.4, -0.2) is 31.7 Å². The van der Waals surface area contributed by atoms with Crippen LogP contribution in [0.3, 0.4) is 0 Å². The molecule has 8 heteroatoms. The Bertz CT molecular complexity index is 630. The average molecular weight is 299 g/mol. The molecule has 20 heavy (non-hydrogen) atoms. The molecule has 7 nitrogen and oxygen atoms in total. The second-order valence-corrected chi connectivity index (χ2v) is 6.89. The molecule has 110 valence electrons. The molecule has 0 amide bonds. The summed E-state index contributed by atoms with van der Waals surface area (Å²) in [5.41, 5.74) is 1.24. The first-order valence-corrected chi connectivity index (χ1v) is 7.91. The zero-order valence-electron chi connectivity index (χ0n) is 11.2. The summed E-state index contributed by atoms with van der Waals surface area (Å²) in [6.07, 6.45) is 1.14. The van der Waals surface area contributed by atoms with Crippen LogP contribution in [0.2, 0.25) is 0 Å². The quantitative estimate of drug-likeness (QED) is 0.665. The average Bonchev–Trinajstić information content (AvgIpc) is 2.37. The van der Waals surface area contributed by atoms with Crippen molar-refractivity contribution in [2.45, 2.75) is 25.0 Å². The van der Waals surface area contributed by atoms with E-state index in [0.717, 1.165) is 5.56 Å². The van der Waals surface area contributed by atoms with Gasteiger partial charge in [0.1, 0.15) is 5.69 Å². The Balaban J connectivity index is 2.34. The Labute approximate surface area is 117 Å². The zero-order chi connectivity index (χ0) is 14.9. The summed E-state index contributed by atoms with van der Waals surface area (Å²) in [7, 11) is -3.62. The van der Waals surface area contributed by atoms with Crippen molar-refractivity contribution < 1.29 is 13.3 Å².